The van der Waals surface area contributed by atoms with Crippen LogP contribution < -0.4 is 16.8 Å². The Morgan fingerprint density at radius 3 is 2.84 bits per heavy atom. The second kappa shape index (κ2) is 9.54. The summed E-state index contributed by atoms with van der Waals surface area (Å²) < 4.78 is 27.3. The van der Waals surface area contributed by atoms with Gasteiger partial charge in [0, 0.05) is 38.3 Å². The highest BCUT2D eigenvalue weighted by Crippen LogP contribution is 2.28. The highest BCUT2D eigenvalue weighted by atomic mass is 35.5. The summed E-state index contributed by atoms with van der Waals surface area (Å²) in [4.78, 5) is 15.3. The molecule has 8 nitrogen and oxygen atoms in total. The van der Waals surface area contributed by atoms with Crippen molar-refractivity contribution >= 4 is 45.8 Å². The van der Waals surface area contributed by atoms with Gasteiger partial charge in [-0.15, -0.1) is 12.4 Å². The standard InChI is InChI=1S/C14H22ClN5O3S.ClH/c15-10-7-12(14(17)19-8-10)24(22,23)20-6-2-1-3-11(20)9-18-13(21)4-5-16;/h7-8,11H,1-6,9,16H2,(H2,17,19)(H,18,21);1H. The predicted octanol–water partition coefficient (Wildman–Crippen LogP) is 0.747. The number of nitrogens with zero attached hydrogens (tertiary/aromatic N) is 2. The lowest BCUT2D eigenvalue weighted by Crippen LogP contribution is -2.49. The molecule has 1 saturated heterocycles. The molecule has 0 spiro atoms. The third-order valence-electron chi connectivity index (χ3n) is 3.91. The molecule has 11 heteroatoms. The van der Waals surface area contributed by atoms with Gasteiger partial charge in [-0.1, -0.05) is 18.0 Å². The number of pyridine rings is 1. The molecule has 1 aromatic heterocycles. The van der Waals surface area contributed by atoms with Crippen molar-refractivity contribution in [3.8, 4) is 0 Å². The second-order valence-electron chi connectivity index (χ2n) is 5.65. The number of hydrogen-bond donors (Lipinski definition) is 3. The number of sulfonamides is 1. The lowest BCUT2D eigenvalue weighted by atomic mass is 10.1. The topological polar surface area (TPSA) is 131 Å². The van der Waals surface area contributed by atoms with Gasteiger partial charge < -0.3 is 16.8 Å². The Hall–Kier alpha value is -1.13. The first kappa shape index (κ1) is 21.9. The Kier molecular flexibility index (Phi) is 8.36. The fourth-order valence-corrected chi connectivity index (χ4v) is 4.72. The molecule has 0 saturated carbocycles. The number of aromatic nitrogens is 1. The van der Waals surface area contributed by atoms with Crippen LogP contribution in [0.5, 0.6) is 0 Å². The number of carbonyl (C=O) groups excluding carboxylic acids is 1. The maximum absolute atomic E-state index is 13.0. The summed E-state index contributed by atoms with van der Waals surface area (Å²) in [6.07, 6.45) is 3.82. The van der Waals surface area contributed by atoms with E-state index in [9.17, 15) is 13.2 Å². The third-order valence-corrected chi connectivity index (χ3v) is 6.10. The Morgan fingerprint density at radius 1 is 1.44 bits per heavy atom. The molecule has 1 aliphatic rings. The summed E-state index contributed by atoms with van der Waals surface area (Å²) in [5, 5.41) is 2.94. The average Bonchev–Trinajstić information content (AvgIpc) is 2.55. The fourth-order valence-electron chi connectivity index (χ4n) is 2.71. The molecular weight excluding hydrogens is 389 g/mol. The molecule has 5 N–H and O–H groups in total. The number of piperidine rings is 1. The number of anilines is 1. The molecule has 1 aromatic rings. The van der Waals surface area contributed by atoms with Gasteiger partial charge in [-0.25, -0.2) is 13.4 Å². The van der Waals surface area contributed by atoms with E-state index in [1.54, 1.807) is 0 Å². The van der Waals surface area contributed by atoms with Crippen LogP contribution in [-0.4, -0.2) is 49.3 Å². The third kappa shape index (κ3) is 5.42. The van der Waals surface area contributed by atoms with Crippen molar-refractivity contribution in [2.24, 2.45) is 5.73 Å². The molecule has 1 amide bonds. The number of hydrogen-bond acceptors (Lipinski definition) is 6. The zero-order valence-electron chi connectivity index (χ0n) is 13.7. The van der Waals surface area contributed by atoms with E-state index in [2.05, 4.69) is 10.3 Å². The monoisotopic (exact) mass is 411 g/mol. The van der Waals surface area contributed by atoms with Crippen LogP contribution in [0.25, 0.3) is 0 Å². The van der Waals surface area contributed by atoms with Crippen molar-refractivity contribution in [3.63, 3.8) is 0 Å². The highest BCUT2D eigenvalue weighted by Gasteiger charge is 2.35. The van der Waals surface area contributed by atoms with E-state index < -0.39 is 10.0 Å². The smallest absolute Gasteiger partial charge is 0.247 e. The van der Waals surface area contributed by atoms with Crippen molar-refractivity contribution in [2.75, 3.05) is 25.4 Å². The van der Waals surface area contributed by atoms with Crippen LogP contribution in [0.3, 0.4) is 0 Å². The molecule has 0 aliphatic carbocycles. The SMILES string of the molecule is Cl.NCCC(=O)NCC1CCCCN1S(=O)(=O)c1cc(Cl)cnc1N. The Balaban J connectivity index is 0.00000312. The van der Waals surface area contributed by atoms with Gasteiger partial charge >= 0.3 is 0 Å². The van der Waals surface area contributed by atoms with Gasteiger partial charge in [0.2, 0.25) is 15.9 Å². The Labute approximate surface area is 158 Å². The minimum Gasteiger partial charge on any atom is -0.383 e. The number of nitrogens with two attached hydrogens (primary N) is 2. The first-order valence-corrected chi connectivity index (χ1v) is 9.57. The zero-order chi connectivity index (χ0) is 17.7. The van der Waals surface area contributed by atoms with E-state index >= 15 is 0 Å². The molecule has 2 heterocycles. The maximum Gasteiger partial charge on any atom is 0.247 e. The summed E-state index contributed by atoms with van der Waals surface area (Å²) >= 11 is 5.87. The molecule has 0 aromatic carbocycles. The lowest BCUT2D eigenvalue weighted by molar-refractivity contribution is -0.121. The number of nitrogen functional groups attached to an aromatic ring is 1. The van der Waals surface area contributed by atoms with Gasteiger partial charge in [-0.2, -0.15) is 4.31 Å². The molecular formula is C14H23Cl2N5O3S. The molecule has 25 heavy (non-hydrogen) atoms. The second-order valence-corrected chi connectivity index (χ2v) is 7.94. The largest absolute Gasteiger partial charge is 0.383 e. The van der Waals surface area contributed by atoms with Crippen LogP contribution >= 0.6 is 24.0 Å². The number of amides is 1. The van der Waals surface area contributed by atoms with Gasteiger partial charge in [0.15, 0.2) is 0 Å². The molecule has 1 unspecified atom stereocenters. The van der Waals surface area contributed by atoms with Gasteiger partial charge in [0.1, 0.15) is 10.7 Å². The number of rotatable bonds is 6. The van der Waals surface area contributed by atoms with Crippen molar-refractivity contribution in [1.29, 1.82) is 0 Å². The van der Waals surface area contributed by atoms with Crippen LogP contribution in [0.15, 0.2) is 17.2 Å². The van der Waals surface area contributed by atoms with E-state index in [1.807, 2.05) is 0 Å². The zero-order valence-corrected chi connectivity index (χ0v) is 16.0. The molecule has 2 rings (SSSR count). The van der Waals surface area contributed by atoms with Crippen molar-refractivity contribution in [1.82, 2.24) is 14.6 Å². The summed E-state index contributed by atoms with van der Waals surface area (Å²) in [7, 11) is -3.84. The Bertz CT molecular complexity index is 702. The van der Waals surface area contributed by atoms with E-state index in [-0.39, 0.29) is 59.6 Å². The number of carbonyl (C=O) groups is 1. The maximum atomic E-state index is 13.0. The highest BCUT2D eigenvalue weighted by molar-refractivity contribution is 7.89. The van der Waals surface area contributed by atoms with Crippen LogP contribution in [0, 0.1) is 0 Å². The van der Waals surface area contributed by atoms with Crippen molar-refractivity contribution in [3.05, 3.63) is 17.3 Å². The van der Waals surface area contributed by atoms with Crippen LogP contribution in [0.1, 0.15) is 25.7 Å². The molecule has 0 bridgehead atoms. The Morgan fingerprint density at radius 2 is 2.16 bits per heavy atom. The van der Waals surface area contributed by atoms with E-state index in [1.165, 1.54) is 16.6 Å². The lowest BCUT2D eigenvalue weighted by Gasteiger charge is -2.34. The molecule has 0 radical (unpaired) electrons. The van der Waals surface area contributed by atoms with Crippen LogP contribution in [0.2, 0.25) is 5.02 Å². The molecule has 1 fully saturated rings. The van der Waals surface area contributed by atoms with Crippen molar-refractivity contribution in [2.45, 2.75) is 36.6 Å². The van der Waals surface area contributed by atoms with E-state index in [4.69, 9.17) is 23.1 Å². The summed E-state index contributed by atoms with van der Waals surface area (Å²) in [5.74, 6) is -0.278. The first-order chi connectivity index (χ1) is 11.4. The van der Waals surface area contributed by atoms with E-state index in [0.717, 1.165) is 12.8 Å². The predicted molar refractivity (Wildman–Crippen MR) is 99.1 cm³/mol. The normalized spacial score (nSPS) is 18.4. The van der Waals surface area contributed by atoms with Gasteiger partial charge in [0.25, 0.3) is 0 Å². The minimum absolute atomic E-state index is 0. The van der Waals surface area contributed by atoms with E-state index in [0.29, 0.717) is 13.0 Å². The molecule has 142 valence electrons. The van der Waals surface area contributed by atoms with Gasteiger partial charge in [0.05, 0.1) is 5.02 Å². The summed E-state index contributed by atoms with van der Waals surface area (Å²) in [6, 6.07) is 0.974. The minimum atomic E-state index is -3.84. The fraction of sp³-hybridized carbons (Fsp3) is 0.571. The number of halogens is 2. The molecule has 1 aliphatic heterocycles. The van der Waals surface area contributed by atoms with Crippen LogP contribution in [-0.2, 0) is 14.8 Å². The summed E-state index contributed by atoms with van der Waals surface area (Å²) in [5.41, 5.74) is 11.1. The van der Waals surface area contributed by atoms with Crippen LogP contribution in [0.4, 0.5) is 5.82 Å². The van der Waals surface area contributed by atoms with Gasteiger partial charge in [-0.3, -0.25) is 4.79 Å². The van der Waals surface area contributed by atoms with Gasteiger partial charge in [-0.05, 0) is 18.9 Å². The molecule has 1 atom stereocenters. The summed E-state index contributed by atoms with van der Waals surface area (Å²) in [6.45, 7) is 0.862. The average molecular weight is 412 g/mol. The van der Waals surface area contributed by atoms with Crippen molar-refractivity contribution < 1.29 is 13.2 Å². The number of nitrogens with one attached hydrogen (secondary N) is 1. The quantitative estimate of drug-likeness (QED) is 0.632. The first-order valence-electron chi connectivity index (χ1n) is 7.76.